The zero-order chi connectivity index (χ0) is 15.6. The Morgan fingerprint density at radius 3 is 1.75 bits per heavy atom. The standard InChI is InChI=1S/C10H6ClF5N2O2/c1-2(11)9(19)18-10(20)17-8-6(15)4(13)3(12)5(14)7(8)16/h2H,1H3,(H2,17,18,19,20). The van der Waals surface area contributed by atoms with Crippen molar-refractivity contribution in [1.82, 2.24) is 5.32 Å². The van der Waals surface area contributed by atoms with Crippen LogP contribution in [-0.2, 0) is 4.79 Å². The first-order chi connectivity index (χ1) is 9.16. The van der Waals surface area contributed by atoms with Gasteiger partial charge in [0.2, 0.25) is 11.7 Å². The van der Waals surface area contributed by atoms with E-state index in [1.807, 2.05) is 0 Å². The van der Waals surface area contributed by atoms with Crippen LogP contribution in [0.3, 0.4) is 0 Å². The summed E-state index contributed by atoms with van der Waals surface area (Å²) < 4.78 is 64.7. The van der Waals surface area contributed by atoms with Gasteiger partial charge in [-0.2, -0.15) is 0 Å². The van der Waals surface area contributed by atoms with Gasteiger partial charge in [0.25, 0.3) is 0 Å². The summed E-state index contributed by atoms with van der Waals surface area (Å²) in [6, 6.07) is -1.49. The summed E-state index contributed by atoms with van der Waals surface area (Å²) in [6.45, 7) is 1.20. The molecule has 2 N–H and O–H groups in total. The summed E-state index contributed by atoms with van der Waals surface area (Å²) in [5.74, 6) is -12.3. The number of rotatable bonds is 2. The van der Waals surface area contributed by atoms with Gasteiger partial charge in [-0.05, 0) is 6.92 Å². The van der Waals surface area contributed by atoms with Crippen molar-refractivity contribution in [3.63, 3.8) is 0 Å². The molecule has 1 aromatic carbocycles. The molecule has 0 radical (unpaired) electrons. The summed E-state index contributed by atoms with van der Waals surface area (Å²) in [4.78, 5) is 22.2. The van der Waals surface area contributed by atoms with E-state index in [1.54, 1.807) is 5.32 Å². The molecule has 0 aliphatic heterocycles. The number of amides is 3. The third-order valence-electron chi connectivity index (χ3n) is 2.05. The van der Waals surface area contributed by atoms with Crippen molar-refractivity contribution in [3.05, 3.63) is 29.1 Å². The Labute approximate surface area is 113 Å². The third kappa shape index (κ3) is 3.16. The number of nitrogens with one attached hydrogen (secondary N) is 2. The van der Waals surface area contributed by atoms with E-state index in [2.05, 4.69) is 0 Å². The minimum absolute atomic E-state index is 1.02. The second-order valence-corrected chi connectivity index (χ2v) is 4.16. The quantitative estimate of drug-likeness (QED) is 0.381. The zero-order valence-corrected chi connectivity index (χ0v) is 10.4. The largest absolute Gasteiger partial charge is 0.326 e. The van der Waals surface area contributed by atoms with Gasteiger partial charge in [0.05, 0.1) is 0 Å². The van der Waals surface area contributed by atoms with E-state index in [0.717, 1.165) is 0 Å². The van der Waals surface area contributed by atoms with Crippen molar-refractivity contribution in [1.29, 1.82) is 0 Å². The molecule has 4 nitrogen and oxygen atoms in total. The highest BCUT2D eigenvalue weighted by atomic mass is 35.5. The predicted octanol–water partition coefficient (Wildman–Crippen LogP) is 2.66. The predicted molar refractivity (Wildman–Crippen MR) is 58.7 cm³/mol. The first kappa shape index (κ1) is 16.2. The van der Waals surface area contributed by atoms with Crippen LogP contribution in [0.4, 0.5) is 32.4 Å². The summed E-state index contributed by atoms with van der Waals surface area (Å²) in [6.07, 6.45) is 0. The highest BCUT2D eigenvalue weighted by Crippen LogP contribution is 2.26. The number of halogens is 6. The van der Waals surface area contributed by atoms with Gasteiger partial charge in [-0.3, -0.25) is 10.1 Å². The minimum Gasteiger partial charge on any atom is -0.302 e. The van der Waals surface area contributed by atoms with Crippen LogP contribution in [0.15, 0.2) is 0 Å². The van der Waals surface area contributed by atoms with Crippen LogP contribution in [0.1, 0.15) is 6.92 Å². The first-order valence-electron chi connectivity index (χ1n) is 4.94. The molecule has 110 valence electrons. The van der Waals surface area contributed by atoms with Crippen LogP contribution in [0.25, 0.3) is 0 Å². The average Bonchev–Trinajstić information content (AvgIpc) is 2.39. The molecule has 0 saturated heterocycles. The number of urea groups is 1. The fourth-order valence-electron chi connectivity index (χ4n) is 1.07. The van der Waals surface area contributed by atoms with Crippen LogP contribution in [0, 0.1) is 29.1 Å². The fraction of sp³-hybridized carbons (Fsp3) is 0.200. The van der Waals surface area contributed by atoms with Gasteiger partial charge in [0.1, 0.15) is 11.1 Å². The molecule has 0 spiro atoms. The second kappa shape index (κ2) is 6.04. The lowest BCUT2D eigenvalue weighted by Crippen LogP contribution is -2.38. The van der Waals surface area contributed by atoms with Gasteiger partial charge in [0, 0.05) is 0 Å². The van der Waals surface area contributed by atoms with Crippen molar-refractivity contribution < 1.29 is 31.5 Å². The summed E-state index contributed by atoms with van der Waals surface area (Å²) in [5.41, 5.74) is -1.58. The lowest BCUT2D eigenvalue weighted by molar-refractivity contribution is -0.119. The molecule has 0 aliphatic carbocycles. The molecular weight excluding hydrogens is 311 g/mol. The van der Waals surface area contributed by atoms with E-state index in [9.17, 15) is 31.5 Å². The number of anilines is 1. The Bertz CT molecular complexity index is 550. The van der Waals surface area contributed by atoms with Crippen LogP contribution in [0.5, 0.6) is 0 Å². The Hall–Kier alpha value is -1.90. The van der Waals surface area contributed by atoms with Gasteiger partial charge < -0.3 is 5.32 Å². The van der Waals surface area contributed by atoms with Crippen molar-refractivity contribution >= 4 is 29.2 Å². The van der Waals surface area contributed by atoms with Gasteiger partial charge in [-0.25, -0.2) is 26.7 Å². The van der Waals surface area contributed by atoms with Crippen LogP contribution >= 0.6 is 11.6 Å². The first-order valence-corrected chi connectivity index (χ1v) is 5.37. The van der Waals surface area contributed by atoms with E-state index < -0.39 is 52.1 Å². The van der Waals surface area contributed by atoms with Crippen molar-refractivity contribution in [2.45, 2.75) is 12.3 Å². The molecule has 0 heterocycles. The molecule has 20 heavy (non-hydrogen) atoms. The lowest BCUT2D eigenvalue weighted by atomic mass is 10.2. The summed E-state index contributed by atoms with van der Waals surface area (Å²) >= 11 is 5.30. The van der Waals surface area contributed by atoms with Crippen molar-refractivity contribution in [3.8, 4) is 0 Å². The molecule has 0 aliphatic rings. The Morgan fingerprint density at radius 1 is 0.950 bits per heavy atom. The molecule has 10 heteroatoms. The van der Waals surface area contributed by atoms with E-state index in [4.69, 9.17) is 11.6 Å². The molecule has 0 aromatic heterocycles. The number of benzene rings is 1. The normalized spacial score (nSPS) is 11.9. The summed E-state index contributed by atoms with van der Waals surface area (Å²) in [5, 5.41) is 1.75. The Balaban J connectivity index is 3.05. The van der Waals surface area contributed by atoms with Crippen molar-refractivity contribution in [2.24, 2.45) is 0 Å². The van der Waals surface area contributed by atoms with E-state index in [-0.39, 0.29) is 0 Å². The van der Waals surface area contributed by atoms with E-state index >= 15 is 0 Å². The SMILES string of the molecule is CC(Cl)C(=O)NC(=O)Nc1c(F)c(F)c(F)c(F)c1F. The summed E-state index contributed by atoms with van der Waals surface area (Å²) in [7, 11) is 0. The van der Waals surface area contributed by atoms with Crippen LogP contribution in [-0.4, -0.2) is 17.3 Å². The average molecular weight is 317 g/mol. The second-order valence-electron chi connectivity index (χ2n) is 3.50. The molecule has 0 saturated carbocycles. The topological polar surface area (TPSA) is 58.2 Å². The monoisotopic (exact) mass is 316 g/mol. The van der Waals surface area contributed by atoms with E-state index in [1.165, 1.54) is 12.2 Å². The lowest BCUT2D eigenvalue weighted by Gasteiger charge is -2.10. The van der Waals surface area contributed by atoms with Crippen molar-refractivity contribution in [2.75, 3.05) is 5.32 Å². The van der Waals surface area contributed by atoms with E-state index in [0.29, 0.717) is 0 Å². The maximum absolute atomic E-state index is 13.2. The number of carbonyl (C=O) groups excluding carboxylic acids is 2. The Kier molecular flexibility index (Phi) is 4.88. The van der Waals surface area contributed by atoms with Gasteiger partial charge in [0.15, 0.2) is 23.3 Å². The van der Waals surface area contributed by atoms with Gasteiger partial charge in [-0.15, -0.1) is 11.6 Å². The highest BCUT2D eigenvalue weighted by molar-refractivity contribution is 6.31. The molecule has 0 fully saturated rings. The highest BCUT2D eigenvalue weighted by Gasteiger charge is 2.27. The minimum atomic E-state index is -2.36. The maximum atomic E-state index is 13.2. The number of hydrogen-bond acceptors (Lipinski definition) is 2. The Morgan fingerprint density at radius 2 is 1.35 bits per heavy atom. The van der Waals surface area contributed by atoms with Gasteiger partial charge in [-0.1, -0.05) is 0 Å². The zero-order valence-electron chi connectivity index (χ0n) is 9.66. The smallest absolute Gasteiger partial charge is 0.302 e. The molecule has 3 amide bonds. The number of hydrogen-bond donors (Lipinski definition) is 2. The number of imide groups is 1. The number of carbonyl (C=O) groups is 2. The molecule has 1 unspecified atom stereocenters. The maximum Gasteiger partial charge on any atom is 0.326 e. The van der Waals surface area contributed by atoms with Gasteiger partial charge >= 0.3 is 6.03 Å². The number of alkyl halides is 1. The molecular formula is C10H6ClF5N2O2. The molecule has 1 aromatic rings. The third-order valence-corrected chi connectivity index (χ3v) is 2.24. The van der Waals surface area contributed by atoms with Crippen LogP contribution in [0.2, 0.25) is 0 Å². The fourth-order valence-corrected chi connectivity index (χ4v) is 1.13. The molecule has 1 rings (SSSR count). The molecule has 1 atom stereocenters. The van der Waals surface area contributed by atoms with Crippen LogP contribution < -0.4 is 10.6 Å². The molecule has 0 bridgehead atoms.